The number of carbonyl (C=O) groups is 1. The van der Waals surface area contributed by atoms with E-state index in [0.29, 0.717) is 12.1 Å². The van der Waals surface area contributed by atoms with Gasteiger partial charge in [-0.15, -0.1) is 11.3 Å². The molecule has 1 amide bonds. The highest BCUT2D eigenvalue weighted by atomic mass is 32.1. The first-order chi connectivity index (χ1) is 9.49. The van der Waals surface area contributed by atoms with E-state index in [1.54, 1.807) is 28.4 Å². The molecule has 0 aliphatic rings. The topological polar surface area (TPSA) is 66.6 Å². The van der Waals surface area contributed by atoms with Crippen LogP contribution in [0.1, 0.15) is 29.1 Å². The summed E-state index contributed by atoms with van der Waals surface area (Å²) in [5.74, 6) is -0.167. The van der Waals surface area contributed by atoms with E-state index >= 15 is 0 Å². The van der Waals surface area contributed by atoms with Crippen molar-refractivity contribution in [3.05, 3.63) is 46.2 Å². The average molecular weight is 290 g/mol. The molecule has 3 N–H and O–H groups in total. The summed E-state index contributed by atoms with van der Waals surface area (Å²) < 4.78 is 0. The molecule has 0 saturated heterocycles. The predicted molar refractivity (Wildman–Crippen MR) is 81.8 cm³/mol. The zero-order valence-corrected chi connectivity index (χ0v) is 12.4. The molecule has 0 aliphatic heterocycles. The number of benzene rings is 1. The fraction of sp³-hybridized carbons (Fsp3) is 0.267. The van der Waals surface area contributed by atoms with Gasteiger partial charge in [0.1, 0.15) is 5.75 Å². The van der Waals surface area contributed by atoms with E-state index in [0.717, 1.165) is 4.88 Å². The van der Waals surface area contributed by atoms with E-state index in [9.17, 15) is 9.90 Å². The highest BCUT2D eigenvalue weighted by molar-refractivity contribution is 7.09. The first-order valence-electron chi connectivity index (χ1n) is 6.41. The smallest absolute Gasteiger partial charge is 0.254 e. The molecule has 20 heavy (non-hydrogen) atoms. The monoisotopic (exact) mass is 290 g/mol. The van der Waals surface area contributed by atoms with E-state index in [2.05, 4.69) is 0 Å². The zero-order chi connectivity index (χ0) is 14.7. The molecular weight excluding hydrogens is 272 g/mol. The molecule has 1 aromatic carbocycles. The number of amides is 1. The number of anilines is 1. The van der Waals surface area contributed by atoms with E-state index in [4.69, 9.17) is 5.73 Å². The molecule has 2 aromatic rings. The fourth-order valence-corrected chi connectivity index (χ4v) is 2.60. The number of phenols is 1. The van der Waals surface area contributed by atoms with Gasteiger partial charge in [0.05, 0.1) is 12.2 Å². The normalized spacial score (nSPS) is 10.8. The van der Waals surface area contributed by atoms with Gasteiger partial charge in [0.2, 0.25) is 0 Å². The van der Waals surface area contributed by atoms with Crippen LogP contribution in [0.3, 0.4) is 0 Å². The SMILES string of the molecule is CC(C)N(Cc1cccs1)C(=O)c1ccc(N)c(O)c1. The van der Waals surface area contributed by atoms with Crippen molar-refractivity contribution in [2.45, 2.75) is 26.4 Å². The van der Waals surface area contributed by atoms with Gasteiger partial charge in [0.15, 0.2) is 0 Å². The van der Waals surface area contributed by atoms with E-state index < -0.39 is 0 Å². The minimum atomic E-state index is -0.108. The highest BCUT2D eigenvalue weighted by Gasteiger charge is 2.20. The van der Waals surface area contributed by atoms with Crippen molar-refractivity contribution in [2.75, 3.05) is 5.73 Å². The Morgan fingerprint density at radius 3 is 2.70 bits per heavy atom. The number of aromatic hydroxyl groups is 1. The maximum Gasteiger partial charge on any atom is 0.254 e. The average Bonchev–Trinajstić information content (AvgIpc) is 2.91. The maximum absolute atomic E-state index is 12.6. The largest absolute Gasteiger partial charge is 0.506 e. The van der Waals surface area contributed by atoms with Gasteiger partial charge in [-0.25, -0.2) is 0 Å². The third-order valence-electron chi connectivity index (χ3n) is 3.07. The Bertz CT molecular complexity index is 594. The van der Waals surface area contributed by atoms with Gasteiger partial charge in [-0.2, -0.15) is 0 Å². The Kier molecular flexibility index (Phi) is 4.29. The number of phenolic OH excluding ortho intramolecular Hbond substituents is 1. The van der Waals surface area contributed by atoms with Gasteiger partial charge in [-0.05, 0) is 43.5 Å². The number of hydrogen-bond donors (Lipinski definition) is 2. The van der Waals surface area contributed by atoms with Crippen LogP contribution < -0.4 is 5.73 Å². The molecule has 0 saturated carbocycles. The van der Waals surface area contributed by atoms with Crippen molar-refractivity contribution < 1.29 is 9.90 Å². The molecule has 0 fully saturated rings. The number of nitrogens with two attached hydrogens (primary N) is 1. The number of carbonyl (C=O) groups excluding carboxylic acids is 1. The lowest BCUT2D eigenvalue weighted by Crippen LogP contribution is -2.36. The Balaban J connectivity index is 2.24. The second kappa shape index (κ2) is 5.96. The second-order valence-electron chi connectivity index (χ2n) is 4.88. The van der Waals surface area contributed by atoms with Crippen LogP contribution in [0.4, 0.5) is 5.69 Å². The van der Waals surface area contributed by atoms with E-state index in [1.165, 1.54) is 6.07 Å². The van der Waals surface area contributed by atoms with Crippen molar-refractivity contribution in [3.8, 4) is 5.75 Å². The minimum Gasteiger partial charge on any atom is -0.506 e. The molecule has 0 bridgehead atoms. The third-order valence-corrected chi connectivity index (χ3v) is 3.93. The number of thiophene rings is 1. The van der Waals surface area contributed by atoms with Crippen LogP contribution in [0, 0.1) is 0 Å². The van der Waals surface area contributed by atoms with Crippen molar-refractivity contribution in [3.63, 3.8) is 0 Å². The van der Waals surface area contributed by atoms with Gasteiger partial charge < -0.3 is 15.7 Å². The van der Waals surface area contributed by atoms with Crippen LogP contribution in [-0.2, 0) is 6.54 Å². The molecule has 0 unspecified atom stereocenters. The van der Waals surface area contributed by atoms with Gasteiger partial charge in [0, 0.05) is 16.5 Å². The molecule has 1 heterocycles. The lowest BCUT2D eigenvalue weighted by Gasteiger charge is -2.26. The third kappa shape index (κ3) is 3.11. The lowest BCUT2D eigenvalue weighted by atomic mass is 10.1. The van der Waals surface area contributed by atoms with Crippen molar-refractivity contribution in [1.29, 1.82) is 0 Å². The van der Waals surface area contributed by atoms with Crippen molar-refractivity contribution in [1.82, 2.24) is 4.90 Å². The maximum atomic E-state index is 12.6. The van der Waals surface area contributed by atoms with Gasteiger partial charge in [-0.3, -0.25) is 4.79 Å². The van der Waals surface area contributed by atoms with Crippen LogP contribution in [0.2, 0.25) is 0 Å². The number of rotatable bonds is 4. The van der Waals surface area contributed by atoms with Crippen LogP contribution >= 0.6 is 11.3 Å². The van der Waals surface area contributed by atoms with Gasteiger partial charge >= 0.3 is 0 Å². The summed E-state index contributed by atoms with van der Waals surface area (Å²) in [6.45, 7) is 4.52. The Morgan fingerprint density at radius 1 is 1.40 bits per heavy atom. The van der Waals surface area contributed by atoms with Crippen LogP contribution in [0.15, 0.2) is 35.7 Å². The second-order valence-corrected chi connectivity index (χ2v) is 5.91. The molecule has 0 aliphatic carbocycles. The Hall–Kier alpha value is -2.01. The fourth-order valence-electron chi connectivity index (χ4n) is 1.90. The molecule has 0 atom stereocenters. The molecule has 4 nitrogen and oxygen atoms in total. The minimum absolute atomic E-state index is 0.0596. The lowest BCUT2D eigenvalue weighted by molar-refractivity contribution is 0.0692. The van der Waals surface area contributed by atoms with Crippen LogP contribution in [-0.4, -0.2) is 22.0 Å². The first-order valence-corrected chi connectivity index (χ1v) is 7.29. The summed E-state index contributed by atoms with van der Waals surface area (Å²) in [6, 6.07) is 8.66. The molecule has 5 heteroatoms. The summed E-state index contributed by atoms with van der Waals surface area (Å²) >= 11 is 1.62. The molecule has 2 rings (SSSR count). The van der Waals surface area contributed by atoms with Crippen molar-refractivity contribution in [2.24, 2.45) is 0 Å². The van der Waals surface area contributed by atoms with E-state index in [1.807, 2.05) is 31.4 Å². The summed E-state index contributed by atoms with van der Waals surface area (Å²) in [4.78, 5) is 15.5. The number of hydrogen-bond acceptors (Lipinski definition) is 4. The molecule has 106 valence electrons. The number of nitrogen functional groups attached to an aromatic ring is 1. The quantitative estimate of drug-likeness (QED) is 0.671. The molecule has 0 spiro atoms. The van der Waals surface area contributed by atoms with Gasteiger partial charge in [-0.1, -0.05) is 6.07 Å². The number of nitrogens with zero attached hydrogens (tertiary/aromatic N) is 1. The van der Waals surface area contributed by atoms with E-state index in [-0.39, 0.29) is 23.4 Å². The van der Waals surface area contributed by atoms with Gasteiger partial charge in [0.25, 0.3) is 5.91 Å². The zero-order valence-electron chi connectivity index (χ0n) is 11.5. The highest BCUT2D eigenvalue weighted by Crippen LogP contribution is 2.23. The van der Waals surface area contributed by atoms with Crippen molar-refractivity contribution >= 4 is 22.9 Å². The summed E-state index contributed by atoms with van der Waals surface area (Å²) in [5, 5.41) is 11.6. The van der Waals surface area contributed by atoms with Crippen LogP contribution in [0.5, 0.6) is 5.75 Å². The van der Waals surface area contributed by atoms with Crippen LogP contribution in [0.25, 0.3) is 0 Å². The summed E-state index contributed by atoms with van der Waals surface area (Å²) in [6.07, 6.45) is 0. The molecule has 1 aromatic heterocycles. The molecule has 0 radical (unpaired) electrons. The summed E-state index contributed by atoms with van der Waals surface area (Å²) in [5.41, 5.74) is 6.28. The standard InChI is InChI=1S/C15H18N2O2S/c1-10(2)17(9-12-4-3-7-20-12)15(19)11-5-6-13(16)14(18)8-11/h3-8,10,18H,9,16H2,1-2H3. The first kappa shape index (κ1) is 14.4. The Labute approximate surface area is 122 Å². The predicted octanol–water partition coefficient (Wildman–Crippen LogP) is 3.09. The Morgan fingerprint density at radius 2 is 2.15 bits per heavy atom. The summed E-state index contributed by atoms with van der Waals surface area (Å²) in [7, 11) is 0. The molecular formula is C15H18N2O2S.